The van der Waals surface area contributed by atoms with Crippen LogP contribution in [0.5, 0.6) is 5.75 Å². The van der Waals surface area contributed by atoms with Crippen LogP contribution in [0.4, 0.5) is 4.39 Å². The zero-order valence-electron chi connectivity index (χ0n) is 8.99. The van der Waals surface area contributed by atoms with Crippen LogP contribution in [0.25, 0.3) is 0 Å². The molecule has 2 unspecified atom stereocenters. The SMILES string of the molecule is Oc1ccc(F)cc1CCCC(O)CNP. The molecule has 1 aromatic rings. The number of phenolic OH excluding ortho intramolecular Hbond substituents is 1. The van der Waals surface area contributed by atoms with Crippen LogP contribution in [0.3, 0.4) is 0 Å². The highest BCUT2D eigenvalue weighted by molar-refractivity contribution is 7.13. The summed E-state index contributed by atoms with van der Waals surface area (Å²) < 4.78 is 12.9. The molecule has 0 radical (unpaired) electrons. The lowest BCUT2D eigenvalue weighted by molar-refractivity contribution is 0.166. The Morgan fingerprint density at radius 1 is 1.44 bits per heavy atom. The molecule has 0 bridgehead atoms. The number of aryl methyl sites for hydroxylation is 1. The van der Waals surface area contributed by atoms with E-state index in [1.165, 1.54) is 18.2 Å². The lowest BCUT2D eigenvalue weighted by atomic mass is 10.0. The standard InChI is InChI=1S/C11H17FNO2P/c12-9-4-5-11(15)8(6-9)2-1-3-10(14)7-13-16/h4-6,10,13-15H,1-3,7,16H2. The van der Waals surface area contributed by atoms with Crippen molar-refractivity contribution >= 4 is 9.39 Å². The maximum Gasteiger partial charge on any atom is 0.123 e. The second-order valence-corrected chi connectivity index (χ2v) is 4.14. The minimum atomic E-state index is -0.409. The van der Waals surface area contributed by atoms with Gasteiger partial charge in [0.1, 0.15) is 11.6 Å². The summed E-state index contributed by atoms with van der Waals surface area (Å²) in [5.41, 5.74) is 0.589. The molecule has 3 N–H and O–H groups in total. The molecular formula is C11H17FNO2P. The molecule has 16 heavy (non-hydrogen) atoms. The van der Waals surface area contributed by atoms with E-state index in [0.29, 0.717) is 31.4 Å². The quantitative estimate of drug-likeness (QED) is 0.667. The molecule has 0 amide bonds. The van der Waals surface area contributed by atoms with Crippen molar-refractivity contribution in [3.8, 4) is 5.75 Å². The van der Waals surface area contributed by atoms with Gasteiger partial charge in [-0.2, -0.15) is 0 Å². The topological polar surface area (TPSA) is 52.5 Å². The second kappa shape index (κ2) is 6.79. The summed E-state index contributed by atoms with van der Waals surface area (Å²) in [6.45, 7) is 0.514. The Morgan fingerprint density at radius 3 is 2.88 bits per heavy atom. The third kappa shape index (κ3) is 4.44. The number of benzene rings is 1. The zero-order chi connectivity index (χ0) is 12.0. The molecule has 0 spiro atoms. The van der Waals surface area contributed by atoms with Crippen LogP contribution in [-0.4, -0.2) is 22.9 Å². The molecule has 0 heterocycles. The van der Waals surface area contributed by atoms with E-state index in [-0.39, 0.29) is 11.6 Å². The van der Waals surface area contributed by atoms with Crippen LogP contribution >= 0.6 is 9.39 Å². The molecular weight excluding hydrogens is 228 g/mol. The molecule has 0 fully saturated rings. The molecule has 0 aliphatic carbocycles. The van der Waals surface area contributed by atoms with Crippen LogP contribution < -0.4 is 5.09 Å². The number of aliphatic hydroxyl groups is 1. The lowest BCUT2D eigenvalue weighted by Crippen LogP contribution is -2.19. The van der Waals surface area contributed by atoms with Crippen molar-refractivity contribution in [2.45, 2.75) is 25.4 Å². The van der Waals surface area contributed by atoms with Crippen LogP contribution in [0.15, 0.2) is 18.2 Å². The van der Waals surface area contributed by atoms with Crippen molar-refractivity contribution < 1.29 is 14.6 Å². The van der Waals surface area contributed by atoms with E-state index in [1.807, 2.05) is 0 Å². The Kier molecular flexibility index (Phi) is 5.67. The molecule has 5 heteroatoms. The lowest BCUT2D eigenvalue weighted by Gasteiger charge is -2.09. The average molecular weight is 245 g/mol. The molecule has 0 aliphatic rings. The second-order valence-electron chi connectivity index (χ2n) is 3.73. The zero-order valence-corrected chi connectivity index (χ0v) is 10.1. The van der Waals surface area contributed by atoms with Gasteiger partial charge in [0.05, 0.1) is 6.10 Å². The van der Waals surface area contributed by atoms with Crippen LogP contribution in [0.2, 0.25) is 0 Å². The van der Waals surface area contributed by atoms with Gasteiger partial charge in [-0.05, 0) is 43.0 Å². The first-order valence-corrected chi connectivity index (χ1v) is 5.80. The highest BCUT2D eigenvalue weighted by Crippen LogP contribution is 2.20. The van der Waals surface area contributed by atoms with Gasteiger partial charge in [0.2, 0.25) is 0 Å². The number of halogens is 1. The molecule has 1 aromatic carbocycles. The normalized spacial score (nSPS) is 12.7. The third-order valence-electron chi connectivity index (χ3n) is 2.38. The maximum absolute atomic E-state index is 12.9. The first kappa shape index (κ1) is 13.4. The fourth-order valence-electron chi connectivity index (χ4n) is 1.52. The maximum atomic E-state index is 12.9. The summed E-state index contributed by atoms with van der Waals surface area (Å²) in [6, 6.07) is 3.91. The van der Waals surface area contributed by atoms with E-state index in [1.54, 1.807) is 0 Å². The van der Waals surface area contributed by atoms with Crippen molar-refractivity contribution in [2.75, 3.05) is 6.54 Å². The Bertz CT molecular complexity index is 336. The number of phenols is 1. The Labute approximate surface area is 96.9 Å². The Balaban J connectivity index is 2.39. The molecule has 0 aliphatic heterocycles. The van der Waals surface area contributed by atoms with Gasteiger partial charge in [0.15, 0.2) is 0 Å². The van der Waals surface area contributed by atoms with E-state index >= 15 is 0 Å². The predicted octanol–water partition coefficient (Wildman–Crippen LogP) is 1.59. The summed E-state index contributed by atoms with van der Waals surface area (Å²) >= 11 is 0. The number of hydrogen-bond acceptors (Lipinski definition) is 3. The average Bonchev–Trinajstić information content (AvgIpc) is 2.23. The Morgan fingerprint density at radius 2 is 2.19 bits per heavy atom. The van der Waals surface area contributed by atoms with E-state index < -0.39 is 6.10 Å². The van der Waals surface area contributed by atoms with E-state index in [2.05, 4.69) is 14.5 Å². The van der Waals surface area contributed by atoms with Gasteiger partial charge in [0.25, 0.3) is 0 Å². The minimum absolute atomic E-state index is 0.111. The van der Waals surface area contributed by atoms with Crippen molar-refractivity contribution in [1.82, 2.24) is 5.09 Å². The van der Waals surface area contributed by atoms with Crippen molar-refractivity contribution in [2.24, 2.45) is 0 Å². The van der Waals surface area contributed by atoms with Crippen LogP contribution in [0.1, 0.15) is 18.4 Å². The summed E-state index contributed by atoms with van der Waals surface area (Å²) in [5.74, 6) is -0.236. The summed E-state index contributed by atoms with van der Waals surface area (Å²) in [7, 11) is 2.33. The fraction of sp³-hybridized carbons (Fsp3) is 0.455. The number of hydrogen-bond donors (Lipinski definition) is 3. The van der Waals surface area contributed by atoms with E-state index in [4.69, 9.17) is 0 Å². The van der Waals surface area contributed by atoms with Crippen molar-refractivity contribution in [1.29, 1.82) is 0 Å². The molecule has 0 saturated carbocycles. The predicted molar refractivity (Wildman–Crippen MR) is 64.7 cm³/mol. The number of aromatic hydroxyl groups is 1. The summed E-state index contributed by atoms with van der Waals surface area (Å²) in [4.78, 5) is 0. The molecule has 2 atom stereocenters. The molecule has 1 rings (SSSR count). The van der Waals surface area contributed by atoms with Gasteiger partial charge in [-0.1, -0.05) is 9.39 Å². The van der Waals surface area contributed by atoms with Crippen LogP contribution in [0, 0.1) is 5.82 Å². The smallest absolute Gasteiger partial charge is 0.123 e. The van der Waals surface area contributed by atoms with Gasteiger partial charge in [-0.3, -0.25) is 5.09 Å². The van der Waals surface area contributed by atoms with Crippen molar-refractivity contribution in [3.63, 3.8) is 0 Å². The monoisotopic (exact) mass is 245 g/mol. The van der Waals surface area contributed by atoms with Gasteiger partial charge >= 0.3 is 0 Å². The Hall–Kier alpha value is -0.700. The largest absolute Gasteiger partial charge is 0.508 e. The number of rotatable bonds is 6. The van der Waals surface area contributed by atoms with E-state index in [9.17, 15) is 14.6 Å². The first-order valence-electron chi connectivity index (χ1n) is 5.22. The summed E-state index contributed by atoms with van der Waals surface area (Å²) in [6.07, 6.45) is 1.49. The van der Waals surface area contributed by atoms with Gasteiger partial charge in [-0.25, -0.2) is 4.39 Å². The highest BCUT2D eigenvalue weighted by Gasteiger charge is 2.06. The molecule has 0 aromatic heterocycles. The number of nitrogens with one attached hydrogen (secondary N) is 1. The first-order chi connectivity index (χ1) is 7.63. The molecule has 3 nitrogen and oxygen atoms in total. The van der Waals surface area contributed by atoms with E-state index in [0.717, 1.165) is 0 Å². The third-order valence-corrected chi connectivity index (χ3v) is 2.61. The van der Waals surface area contributed by atoms with Crippen molar-refractivity contribution in [3.05, 3.63) is 29.6 Å². The number of aliphatic hydroxyl groups excluding tert-OH is 1. The molecule has 90 valence electrons. The van der Waals surface area contributed by atoms with Gasteiger partial charge in [0, 0.05) is 6.54 Å². The highest BCUT2D eigenvalue weighted by atomic mass is 31.0. The van der Waals surface area contributed by atoms with Gasteiger partial charge in [-0.15, -0.1) is 0 Å². The fourth-order valence-corrected chi connectivity index (χ4v) is 1.79. The summed E-state index contributed by atoms with van der Waals surface area (Å²) in [5, 5.41) is 21.7. The minimum Gasteiger partial charge on any atom is -0.508 e. The van der Waals surface area contributed by atoms with Gasteiger partial charge < -0.3 is 10.2 Å². The molecule has 0 saturated heterocycles. The van der Waals surface area contributed by atoms with Crippen LogP contribution in [-0.2, 0) is 6.42 Å².